The molecule has 2 aromatic rings. The van der Waals surface area contributed by atoms with Crippen molar-refractivity contribution in [1.82, 2.24) is 9.47 Å². The molecule has 1 aliphatic carbocycles. The van der Waals surface area contributed by atoms with Crippen molar-refractivity contribution in [3.8, 4) is 17.2 Å². The molecule has 1 amide bonds. The number of hydrogen-bond acceptors (Lipinski definition) is 4. The monoisotopic (exact) mass is 415 g/mol. The molecule has 1 fully saturated rings. The third kappa shape index (κ3) is 3.97. The predicted molar refractivity (Wildman–Crippen MR) is 120 cm³/mol. The molecule has 0 bridgehead atoms. The van der Waals surface area contributed by atoms with Gasteiger partial charge in [0.05, 0.1) is 30.4 Å². The van der Waals surface area contributed by atoms with Crippen molar-refractivity contribution >= 4 is 12.0 Å². The van der Waals surface area contributed by atoms with E-state index in [0.29, 0.717) is 50.4 Å². The summed E-state index contributed by atoms with van der Waals surface area (Å²) in [4.78, 5) is 27.6. The average molecular weight is 415 g/mol. The first kappa shape index (κ1) is 20.8. The van der Waals surface area contributed by atoms with Crippen LogP contribution in [-0.2, 0) is 17.7 Å². The minimum atomic E-state index is -0.148. The van der Waals surface area contributed by atoms with Gasteiger partial charge in [-0.1, -0.05) is 29.9 Å². The SMILES string of the molecule is C/C=C/Cn1cc(-c2ccc(C(=O)N3CCOCC3)c(C#N)c2)c2c(c1=O)CC(C)=C2. The van der Waals surface area contributed by atoms with Crippen molar-refractivity contribution in [2.24, 2.45) is 0 Å². The highest BCUT2D eigenvalue weighted by atomic mass is 16.5. The first-order chi connectivity index (χ1) is 15.0. The second-order valence-corrected chi connectivity index (χ2v) is 7.91. The number of ether oxygens (including phenoxy) is 1. The van der Waals surface area contributed by atoms with E-state index in [0.717, 1.165) is 27.8 Å². The smallest absolute Gasteiger partial charge is 0.255 e. The number of benzene rings is 1. The quantitative estimate of drug-likeness (QED) is 0.718. The normalized spacial score (nSPS) is 15.6. The maximum atomic E-state index is 12.9. The molecular formula is C25H25N3O3. The molecule has 6 nitrogen and oxygen atoms in total. The lowest BCUT2D eigenvalue weighted by Gasteiger charge is -2.27. The maximum Gasteiger partial charge on any atom is 0.255 e. The Balaban J connectivity index is 1.79. The van der Waals surface area contributed by atoms with Crippen LogP contribution in [-0.4, -0.2) is 41.7 Å². The molecule has 0 atom stereocenters. The number of hydrogen-bond donors (Lipinski definition) is 0. The maximum absolute atomic E-state index is 12.9. The van der Waals surface area contributed by atoms with Crippen LogP contribution >= 0.6 is 0 Å². The van der Waals surface area contributed by atoms with Crippen LogP contribution in [0.3, 0.4) is 0 Å². The van der Waals surface area contributed by atoms with E-state index in [2.05, 4.69) is 6.07 Å². The standard InChI is InChI=1S/C25H25N3O3/c1-3-4-7-28-16-23(21-12-17(2)13-22(21)25(28)30)18-5-6-20(19(14-18)15-26)24(29)27-8-10-31-11-9-27/h3-6,12,14,16H,7-11,13H2,1-2H3/b4-3+. The van der Waals surface area contributed by atoms with Crippen molar-refractivity contribution < 1.29 is 9.53 Å². The van der Waals surface area contributed by atoms with Gasteiger partial charge in [0, 0.05) is 37.0 Å². The molecule has 0 saturated carbocycles. The number of nitriles is 1. The lowest BCUT2D eigenvalue weighted by Crippen LogP contribution is -2.40. The zero-order valence-corrected chi connectivity index (χ0v) is 17.9. The molecule has 2 heterocycles. The zero-order valence-electron chi connectivity index (χ0n) is 17.9. The summed E-state index contributed by atoms with van der Waals surface area (Å²) in [6, 6.07) is 7.55. The van der Waals surface area contributed by atoms with Crippen LogP contribution in [0.2, 0.25) is 0 Å². The summed E-state index contributed by atoms with van der Waals surface area (Å²) in [6.07, 6.45) is 8.40. The molecule has 1 saturated heterocycles. The van der Waals surface area contributed by atoms with Crippen molar-refractivity contribution in [3.63, 3.8) is 0 Å². The molecule has 1 aromatic carbocycles. The lowest BCUT2D eigenvalue weighted by molar-refractivity contribution is 0.0302. The van der Waals surface area contributed by atoms with Gasteiger partial charge in [-0.3, -0.25) is 9.59 Å². The summed E-state index contributed by atoms with van der Waals surface area (Å²) in [6.45, 7) is 6.51. The number of aromatic nitrogens is 1. The third-order valence-corrected chi connectivity index (χ3v) is 5.78. The van der Waals surface area contributed by atoms with Gasteiger partial charge < -0.3 is 14.2 Å². The highest BCUT2D eigenvalue weighted by molar-refractivity contribution is 5.97. The van der Waals surface area contributed by atoms with Crippen LogP contribution in [0.5, 0.6) is 0 Å². The van der Waals surface area contributed by atoms with E-state index in [4.69, 9.17) is 4.74 Å². The fourth-order valence-electron chi connectivity index (χ4n) is 4.16. The fourth-order valence-corrected chi connectivity index (χ4v) is 4.16. The second kappa shape index (κ2) is 8.75. The summed E-state index contributed by atoms with van der Waals surface area (Å²) in [5.41, 5.74) is 5.32. The Morgan fingerprint density at radius 3 is 2.77 bits per heavy atom. The Hall–Kier alpha value is -3.43. The summed E-state index contributed by atoms with van der Waals surface area (Å²) < 4.78 is 7.03. The zero-order chi connectivity index (χ0) is 22.0. The molecule has 1 aromatic heterocycles. The first-order valence-corrected chi connectivity index (χ1v) is 10.5. The number of carbonyl (C=O) groups excluding carboxylic acids is 1. The van der Waals surface area contributed by atoms with Gasteiger partial charge in [-0.05, 0) is 43.5 Å². The highest BCUT2D eigenvalue weighted by Crippen LogP contribution is 2.33. The largest absolute Gasteiger partial charge is 0.378 e. The molecule has 2 aliphatic rings. The number of morpholine rings is 1. The van der Waals surface area contributed by atoms with Crippen molar-refractivity contribution in [1.29, 1.82) is 5.26 Å². The summed E-state index contributed by atoms with van der Waals surface area (Å²) in [5.74, 6) is -0.148. The van der Waals surface area contributed by atoms with Gasteiger partial charge in [0.15, 0.2) is 0 Å². The van der Waals surface area contributed by atoms with Gasteiger partial charge >= 0.3 is 0 Å². The minimum absolute atomic E-state index is 0.0181. The Bertz CT molecular complexity index is 1190. The molecule has 158 valence electrons. The van der Waals surface area contributed by atoms with Crippen LogP contribution < -0.4 is 5.56 Å². The molecule has 1 aliphatic heterocycles. The molecule has 4 rings (SSSR count). The minimum Gasteiger partial charge on any atom is -0.378 e. The van der Waals surface area contributed by atoms with Gasteiger partial charge in [0.25, 0.3) is 11.5 Å². The second-order valence-electron chi connectivity index (χ2n) is 7.91. The van der Waals surface area contributed by atoms with Crippen LogP contribution in [0, 0.1) is 11.3 Å². The number of pyridine rings is 1. The molecule has 6 heteroatoms. The van der Waals surface area contributed by atoms with Gasteiger partial charge in [-0.25, -0.2) is 0 Å². The van der Waals surface area contributed by atoms with Gasteiger partial charge in [-0.15, -0.1) is 0 Å². The van der Waals surface area contributed by atoms with Gasteiger partial charge in [0.2, 0.25) is 0 Å². The van der Waals surface area contributed by atoms with E-state index in [-0.39, 0.29) is 11.5 Å². The number of fused-ring (bicyclic) bond motifs is 1. The number of carbonyl (C=O) groups is 1. The molecule has 0 unspecified atom stereocenters. The van der Waals surface area contributed by atoms with E-state index >= 15 is 0 Å². The van der Waals surface area contributed by atoms with E-state index in [1.54, 1.807) is 21.6 Å². The van der Waals surface area contributed by atoms with Crippen molar-refractivity contribution in [3.05, 3.63) is 74.7 Å². The third-order valence-electron chi connectivity index (χ3n) is 5.78. The Kier molecular flexibility index (Phi) is 5.88. The lowest BCUT2D eigenvalue weighted by atomic mass is 9.95. The van der Waals surface area contributed by atoms with Gasteiger partial charge in [0.1, 0.15) is 0 Å². The van der Waals surface area contributed by atoms with Crippen LogP contribution in [0.1, 0.15) is 40.9 Å². The Morgan fingerprint density at radius 2 is 2.06 bits per heavy atom. The molecule has 31 heavy (non-hydrogen) atoms. The van der Waals surface area contributed by atoms with Crippen molar-refractivity contribution in [2.45, 2.75) is 26.8 Å². The molecule has 0 N–H and O–H groups in total. The molecule has 0 radical (unpaired) electrons. The van der Waals surface area contributed by atoms with Crippen LogP contribution in [0.15, 0.2) is 46.9 Å². The Morgan fingerprint density at radius 1 is 1.29 bits per heavy atom. The molecular weight excluding hydrogens is 390 g/mol. The van der Waals surface area contributed by atoms with Crippen molar-refractivity contribution in [2.75, 3.05) is 26.3 Å². The number of nitrogens with zero attached hydrogens (tertiary/aromatic N) is 3. The number of rotatable bonds is 4. The Labute approximate surface area is 181 Å². The number of amides is 1. The van der Waals surface area contributed by atoms with E-state index < -0.39 is 0 Å². The average Bonchev–Trinajstić information content (AvgIpc) is 3.20. The number of allylic oxidation sites excluding steroid dienone is 3. The van der Waals surface area contributed by atoms with Crippen LogP contribution in [0.4, 0.5) is 0 Å². The van der Waals surface area contributed by atoms with Gasteiger partial charge in [-0.2, -0.15) is 5.26 Å². The topological polar surface area (TPSA) is 75.3 Å². The van der Waals surface area contributed by atoms with E-state index in [1.807, 2.05) is 44.3 Å². The summed E-state index contributed by atoms with van der Waals surface area (Å²) in [7, 11) is 0. The predicted octanol–water partition coefficient (Wildman–Crippen LogP) is 3.39. The first-order valence-electron chi connectivity index (χ1n) is 10.5. The fraction of sp³-hybridized carbons (Fsp3) is 0.320. The highest BCUT2D eigenvalue weighted by Gasteiger charge is 2.24. The van der Waals surface area contributed by atoms with E-state index in [9.17, 15) is 14.9 Å². The molecule has 0 spiro atoms. The van der Waals surface area contributed by atoms with E-state index in [1.165, 1.54) is 0 Å². The summed E-state index contributed by atoms with van der Waals surface area (Å²) >= 11 is 0. The van der Waals surface area contributed by atoms with Crippen LogP contribution in [0.25, 0.3) is 17.2 Å². The summed E-state index contributed by atoms with van der Waals surface area (Å²) in [5, 5.41) is 9.77.